The van der Waals surface area contributed by atoms with Gasteiger partial charge < -0.3 is 11.1 Å². The van der Waals surface area contributed by atoms with Crippen molar-refractivity contribution in [1.29, 1.82) is 0 Å². The van der Waals surface area contributed by atoms with Crippen LogP contribution in [0, 0.1) is 0 Å². The molecule has 2 aromatic rings. The molecule has 1 amide bonds. The highest BCUT2D eigenvalue weighted by molar-refractivity contribution is 9.10. The highest BCUT2D eigenvalue weighted by Crippen LogP contribution is 2.31. The van der Waals surface area contributed by atoms with E-state index < -0.39 is 0 Å². The maximum Gasteiger partial charge on any atom is 0.224 e. The molecular weight excluding hydrogens is 376 g/mol. The van der Waals surface area contributed by atoms with Gasteiger partial charge in [0.15, 0.2) is 0 Å². The molecule has 3 nitrogen and oxygen atoms in total. The van der Waals surface area contributed by atoms with E-state index in [2.05, 4.69) is 21.2 Å². The van der Waals surface area contributed by atoms with Crippen molar-refractivity contribution in [2.75, 3.05) is 5.73 Å². The average Bonchev–Trinajstić information content (AvgIpc) is 2.47. The maximum absolute atomic E-state index is 12.3. The predicted molar refractivity (Wildman–Crippen MR) is 99.8 cm³/mol. The van der Waals surface area contributed by atoms with Crippen molar-refractivity contribution < 1.29 is 4.79 Å². The van der Waals surface area contributed by atoms with Crippen LogP contribution < -0.4 is 11.1 Å². The SMILES string of the molecule is Cl.Nc1ccc2c(c1)CCCC2NC(=O)Cc1cccc(Br)c1. The number of nitrogens with two attached hydrogens (primary N) is 1. The minimum Gasteiger partial charge on any atom is -0.399 e. The van der Waals surface area contributed by atoms with E-state index in [1.165, 1.54) is 11.1 Å². The lowest BCUT2D eigenvalue weighted by Crippen LogP contribution is -2.32. The second kappa shape index (κ2) is 7.84. The number of anilines is 1. The Morgan fingerprint density at radius 3 is 2.87 bits per heavy atom. The molecule has 0 heterocycles. The van der Waals surface area contributed by atoms with Crippen molar-refractivity contribution in [3.8, 4) is 0 Å². The molecule has 1 unspecified atom stereocenters. The van der Waals surface area contributed by atoms with Gasteiger partial charge in [0.25, 0.3) is 0 Å². The van der Waals surface area contributed by atoms with E-state index in [4.69, 9.17) is 5.73 Å². The molecule has 0 aliphatic heterocycles. The van der Waals surface area contributed by atoms with E-state index in [0.717, 1.165) is 35.0 Å². The number of hydrogen-bond acceptors (Lipinski definition) is 2. The minimum absolute atomic E-state index is 0. The van der Waals surface area contributed by atoms with Gasteiger partial charge in [0.1, 0.15) is 0 Å². The van der Waals surface area contributed by atoms with Gasteiger partial charge in [-0.1, -0.05) is 34.1 Å². The van der Waals surface area contributed by atoms with E-state index in [-0.39, 0.29) is 24.4 Å². The monoisotopic (exact) mass is 394 g/mol. The molecule has 1 atom stereocenters. The van der Waals surface area contributed by atoms with E-state index in [0.29, 0.717) is 6.42 Å². The fourth-order valence-electron chi connectivity index (χ4n) is 3.06. The number of fused-ring (bicyclic) bond motifs is 1. The summed E-state index contributed by atoms with van der Waals surface area (Å²) >= 11 is 3.44. The van der Waals surface area contributed by atoms with Crippen LogP contribution in [-0.2, 0) is 17.6 Å². The Morgan fingerprint density at radius 1 is 1.26 bits per heavy atom. The normalized spacial score (nSPS) is 16.1. The van der Waals surface area contributed by atoms with Gasteiger partial charge in [-0.2, -0.15) is 0 Å². The highest BCUT2D eigenvalue weighted by atomic mass is 79.9. The van der Waals surface area contributed by atoms with E-state index in [1.54, 1.807) is 0 Å². The first-order valence-electron chi connectivity index (χ1n) is 7.54. The van der Waals surface area contributed by atoms with E-state index in [1.807, 2.05) is 42.5 Å². The molecule has 1 aliphatic carbocycles. The summed E-state index contributed by atoms with van der Waals surface area (Å²) in [4.78, 5) is 12.3. The third kappa shape index (κ3) is 4.49. The third-order valence-corrected chi connectivity index (χ3v) is 4.56. The zero-order chi connectivity index (χ0) is 15.5. The van der Waals surface area contributed by atoms with Crippen molar-refractivity contribution in [3.05, 3.63) is 63.6 Å². The van der Waals surface area contributed by atoms with Crippen molar-refractivity contribution >= 4 is 39.9 Å². The molecular formula is C18H20BrClN2O. The first-order valence-corrected chi connectivity index (χ1v) is 8.33. The van der Waals surface area contributed by atoms with Crippen LogP contribution in [0.25, 0.3) is 0 Å². The molecule has 0 saturated carbocycles. The summed E-state index contributed by atoms with van der Waals surface area (Å²) in [5, 5.41) is 3.17. The Labute approximate surface area is 151 Å². The molecule has 2 aromatic carbocycles. The number of carbonyl (C=O) groups is 1. The Hall–Kier alpha value is -1.52. The van der Waals surface area contributed by atoms with Crippen LogP contribution in [0.1, 0.15) is 35.6 Å². The molecule has 122 valence electrons. The summed E-state index contributed by atoms with van der Waals surface area (Å²) < 4.78 is 0.997. The number of rotatable bonds is 3. The van der Waals surface area contributed by atoms with Gasteiger partial charge in [-0.15, -0.1) is 12.4 Å². The lowest BCUT2D eigenvalue weighted by atomic mass is 9.87. The zero-order valence-corrected chi connectivity index (χ0v) is 15.1. The zero-order valence-electron chi connectivity index (χ0n) is 12.7. The van der Waals surface area contributed by atoms with Gasteiger partial charge >= 0.3 is 0 Å². The van der Waals surface area contributed by atoms with Crippen LogP contribution in [-0.4, -0.2) is 5.91 Å². The second-order valence-electron chi connectivity index (χ2n) is 5.78. The molecule has 0 spiro atoms. The third-order valence-electron chi connectivity index (χ3n) is 4.07. The van der Waals surface area contributed by atoms with Crippen LogP contribution in [0.3, 0.4) is 0 Å². The highest BCUT2D eigenvalue weighted by Gasteiger charge is 2.21. The summed E-state index contributed by atoms with van der Waals surface area (Å²) in [5.41, 5.74) is 10.1. The van der Waals surface area contributed by atoms with Crippen molar-refractivity contribution in [2.24, 2.45) is 0 Å². The second-order valence-corrected chi connectivity index (χ2v) is 6.69. The molecule has 0 saturated heterocycles. The standard InChI is InChI=1S/C18H19BrN2O.ClH/c19-14-5-1-3-12(9-14)10-18(22)21-17-6-2-4-13-11-15(20)7-8-16(13)17;/h1,3,5,7-9,11,17H,2,4,6,10,20H2,(H,21,22);1H. The first kappa shape index (κ1) is 17.8. The van der Waals surface area contributed by atoms with Gasteiger partial charge in [-0.25, -0.2) is 0 Å². The maximum atomic E-state index is 12.3. The number of amides is 1. The fraction of sp³-hybridized carbons (Fsp3) is 0.278. The van der Waals surface area contributed by atoms with Gasteiger partial charge in [0.05, 0.1) is 12.5 Å². The summed E-state index contributed by atoms with van der Waals surface area (Å²) in [5.74, 6) is 0.0628. The van der Waals surface area contributed by atoms with Gasteiger partial charge in [-0.05, 0) is 60.2 Å². The van der Waals surface area contributed by atoms with Crippen molar-refractivity contribution in [3.63, 3.8) is 0 Å². The molecule has 3 N–H and O–H groups in total. The lowest BCUT2D eigenvalue weighted by Gasteiger charge is -2.26. The average molecular weight is 396 g/mol. The van der Waals surface area contributed by atoms with Gasteiger partial charge in [-0.3, -0.25) is 4.79 Å². The van der Waals surface area contributed by atoms with Crippen LogP contribution in [0.5, 0.6) is 0 Å². The molecule has 5 heteroatoms. The number of nitrogen functional groups attached to an aromatic ring is 1. The molecule has 0 fully saturated rings. The minimum atomic E-state index is 0. The molecule has 1 aliphatic rings. The lowest BCUT2D eigenvalue weighted by molar-refractivity contribution is -0.121. The largest absolute Gasteiger partial charge is 0.399 e. The molecule has 23 heavy (non-hydrogen) atoms. The summed E-state index contributed by atoms with van der Waals surface area (Å²) in [6.07, 6.45) is 3.51. The summed E-state index contributed by atoms with van der Waals surface area (Å²) in [6, 6.07) is 14.0. The van der Waals surface area contributed by atoms with Crippen LogP contribution in [0.2, 0.25) is 0 Å². The Morgan fingerprint density at radius 2 is 2.09 bits per heavy atom. The number of hydrogen-bond donors (Lipinski definition) is 2. The Balaban J connectivity index is 0.00000192. The van der Waals surface area contributed by atoms with E-state index in [9.17, 15) is 4.79 Å². The number of aryl methyl sites for hydroxylation is 1. The number of nitrogens with one attached hydrogen (secondary N) is 1. The van der Waals surface area contributed by atoms with Crippen LogP contribution >= 0.6 is 28.3 Å². The molecule has 0 bridgehead atoms. The van der Waals surface area contributed by atoms with Crippen LogP contribution in [0.15, 0.2) is 46.9 Å². The smallest absolute Gasteiger partial charge is 0.224 e. The predicted octanol–water partition coefficient (Wildman–Crippen LogP) is 4.19. The number of benzene rings is 2. The first-order chi connectivity index (χ1) is 10.6. The fourth-order valence-corrected chi connectivity index (χ4v) is 3.51. The quantitative estimate of drug-likeness (QED) is 0.766. The topological polar surface area (TPSA) is 55.1 Å². The molecule has 3 rings (SSSR count). The molecule has 0 aromatic heterocycles. The van der Waals surface area contributed by atoms with Gasteiger partial charge in [0.2, 0.25) is 5.91 Å². The van der Waals surface area contributed by atoms with Gasteiger partial charge in [0, 0.05) is 10.2 Å². The summed E-state index contributed by atoms with van der Waals surface area (Å²) in [6.45, 7) is 0. The Bertz CT molecular complexity index is 705. The van der Waals surface area contributed by atoms with Crippen molar-refractivity contribution in [1.82, 2.24) is 5.32 Å². The van der Waals surface area contributed by atoms with E-state index >= 15 is 0 Å². The summed E-state index contributed by atoms with van der Waals surface area (Å²) in [7, 11) is 0. The molecule has 0 radical (unpaired) electrons. The van der Waals surface area contributed by atoms with Crippen LogP contribution in [0.4, 0.5) is 5.69 Å². The number of halogens is 2. The van der Waals surface area contributed by atoms with Crippen molar-refractivity contribution in [2.45, 2.75) is 31.7 Å². The Kier molecular flexibility index (Phi) is 6.08. The number of carbonyl (C=O) groups excluding carboxylic acids is 1.